The van der Waals surface area contributed by atoms with Crippen LogP contribution in [0.15, 0.2) is 20.5 Å². The summed E-state index contributed by atoms with van der Waals surface area (Å²) in [6, 6.07) is 0. The van der Waals surface area contributed by atoms with E-state index in [0.29, 0.717) is 11.4 Å². The Kier molecular flexibility index (Phi) is 9.02. The molecule has 2 amide bonds. The Bertz CT molecular complexity index is 841. The number of hydrazone groups is 2. The van der Waals surface area contributed by atoms with Crippen molar-refractivity contribution in [2.75, 3.05) is 14.2 Å². The predicted octanol–water partition coefficient (Wildman–Crippen LogP) is 0.516. The van der Waals surface area contributed by atoms with Crippen LogP contribution in [-0.2, 0) is 19.3 Å². The highest BCUT2D eigenvalue weighted by Gasteiger charge is 2.55. The van der Waals surface area contributed by atoms with Crippen molar-refractivity contribution >= 4 is 34.7 Å². The minimum absolute atomic E-state index is 0.283. The molecule has 2 heterocycles. The first-order valence-corrected chi connectivity index (χ1v) is 10.4. The Hall–Kier alpha value is -2.94. The highest BCUT2D eigenvalue weighted by molar-refractivity contribution is 6.35. The van der Waals surface area contributed by atoms with E-state index in [0.717, 1.165) is 0 Å². The first-order valence-electron chi connectivity index (χ1n) is 10.4. The van der Waals surface area contributed by atoms with Crippen LogP contribution in [0, 0.1) is 10.8 Å². The highest BCUT2D eigenvalue weighted by Crippen LogP contribution is 2.30. The van der Waals surface area contributed by atoms with E-state index in [4.69, 9.17) is 0 Å². The third-order valence-electron chi connectivity index (χ3n) is 5.23. The molecular formula is C20H36N8O6. The van der Waals surface area contributed by atoms with Gasteiger partial charge in [-0.2, -0.15) is 21.2 Å². The molecule has 0 radical (unpaired) electrons. The Morgan fingerprint density at radius 1 is 0.794 bits per heavy atom. The van der Waals surface area contributed by atoms with Crippen molar-refractivity contribution in [1.29, 1.82) is 0 Å². The molecule has 34 heavy (non-hydrogen) atoms. The first kappa shape index (κ1) is 29.1. The molecule has 2 rings (SSSR count). The lowest BCUT2D eigenvalue weighted by Gasteiger charge is -2.32. The number of hydroxylamine groups is 2. The zero-order chi connectivity index (χ0) is 26.5. The molecule has 192 valence electrons. The molecule has 0 saturated carbocycles. The molecule has 14 heteroatoms. The summed E-state index contributed by atoms with van der Waals surface area (Å²) in [7, 11) is 2.74. The van der Waals surface area contributed by atoms with Crippen molar-refractivity contribution in [3.8, 4) is 0 Å². The molecule has 0 fully saturated rings. The molecule has 0 aromatic carbocycles. The maximum absolute atomic E-state index is 11.9. The van der Waals surface area contributed by atoms with Gasteiger partial charge in [-0.1, -0.05) is 51.9 Å². The number of hydrogen-bond donors (Lipinski definition) is 6. The normalized spacial score (nSPS) is 25.6. The molecule has 14 nitrogen and oxygen atoms in total. The van der Waals surface area contributed by atoms with Gasteiger partial charge in [-0.15, -0.1) is 0 Å². The molecule has 0 spiro atoms. The summed E-state index contributed by atoms with van der Waals surface area (Å²) in [5, 5.41) is 34.2. The van der Waals surface area contributed by atoms with E-state index in [1.165, 1.54) is 14.2 Å². The van der Waals surface area contributed by atoms with Crippen molar-refractivity contribution in [3.05, 3.63) is 0 Å². The molecule has 2 aliphatic rings. The van der Waals surface area contributed by atoms with Crippen LogP contribution in [-0.4, -0.2) is 70.4 Å². The number of carbonyl (C=O) groups is 2. The van der Waals surface area contributed by atoms with Crippen molar-refractivity contribution in [2.24, 2.45) is 31.3 Å². The minimum Gasteiger partial charge on any atom is -0.399 e. The fourth-order valence-electron chi connectivity index (χ4n) is 3.68. The Morgan fingerprint density at radius 2 is 1.09 bits per heavy atom. The van der Waals surface area contributed by atoms with E-state index < -0.39 is 33.7 Å². The molecule has 2 aliphatic heterocycles. The Labute approximate surface area is 198 Å². The average Bonchev–Trinajstić information content (AvgIpc) is 3.26. The number of nitrogens with one attached hydrogen (secondary N) is 4. The number of rotatable bonds is 6. The number of amides is 2. The topological polar surface area (TPSA) is 191 Å². The van der Waals surface area contributed by atoms with Gasteiger partial charge in [0.1, 0.15) is 14.2 Å². The maximum Gasteiger partial charge on any atom is 0.274 e. The van der Waals surface area contributed by atoms with Gasteiger partial charge >= 0.3 is 0 Å². The number of oxime groups is 2. The molecule has 0 aromatic heterocycles. The minimum atomic E-state index is -1.46. The molecule has 0 aromatic rings. The highest BCUT2D eigenvalue weighted by atomic mass is 16.6. The van der Waals surface area contributed by atoms with Gasteiger partial charge in [-0.3, -0.25) is 9.59 Å². The van der Waals surface area contributed by atoms with Crippen molar-refractivity contribution in [3.63, 3.8) is 0 Å². The van der Waals surface area contributed by atoms with Gasteiger partial charge in [0.05, 0.1) is 22.8 Å². The largest absolute Gasteiger partial charge is 0.399 e. The Morgan fingerprint density at radius 3 is 1.29 bits per heavy atom. The van der Waals surface area contributed by atoms with Gasteiger partial charge in [0.25, 0.3) is 11.8 Å². The van der Waals surface area contributed by atoms with Crippen LogP contribution in [0.1, 0.15) is 55.4 Å². The van der Waals surface area contributed by atoms with E-state index in [9.17, 15) is 20.0 Å². The van der Waals surface area contributed by atoms with Gasteiger partial charge in [0, 0.05) is 10.8 Å². The van der Waals surface area contributed by atoms with Crippen LogP contribution in [0.5, 0.6) is 0 Å². The monoisotopic (exact) mass is 484 g/mol. The smallest absolute Gasteiger partial charge is 0.274 e. The van der Waals surface area contributed by atoms with Crippen LogP contribution in [0.4, 0.5) is 0 Å². The maximum atomic E-state index is 11.9. The summed E-state index contributed by atoms with van der Waals surface area (Å²) in [5.74, 6) is -0.966. The standard InChI is InChI=1S/2C10H18N4O3/c2*1-6(13-17-5)10(14-16)7(9(2,3)4)11-12-8(10)15/h2*14,16H,1-5H3,(H,12,15). The van der Waals surface area contributed by atoms with Crippen molar-refractivity contribution in [1.82, 2.24) is 21.8 Å². The molecular weight excluding hydrogens is 448 g/mol. The number of hydrogen-bond acceptors (Lipinski definition) is 12. The SMILES string of the molecule is CON=C(C)C1(NO)C(=O)NN=C1C(C)(C)C.CON=C(C)C1(NO)C(=O)NN=C1C(C)(C)C. The third kappa shape index (κ3) is 5.09. The van der Waals surface area contributed by atoms with Crippen LogP contribution in [0.2, 0.25) is 0 Å². The molecule has 0 aliphatic carbocycles. The van der Waals surface area contributed by atoms with Gasteiger partial charge in [-0.25, -0.2) is 10.9 Å². The molecule has 0 saturated heterocycles. The Balaban J connectivity index is 0.000000340. The molecule has 6 N–H and O–H groups in total. The summed E-state index contributed by atoms with van der Waals surface area (Å²) in [4.78, 5) is 33.1. The average molecular weight is 485 g/mol. The zero-order valence-corrected chi connectivity index (χ0v) is 21.3. The van der Waals surface area contributed by atoms with Crippen LogP contribution in [0.25, 0.3) is 0 Å². The second kappa shape index (κ2) is 10.5. The van der Waals surface area contributed by atoms with Crippen LogP contribution < -0.4 is 21.8 Å². The zero-order valence-electron chi connectivity index (χ0n) is 21.3. The van der Waals surface area contributed by atoms with Crippen molar-refractivity contribution in [2.45, 2.75) is 66.5 Å². The fourth-order valence-corrected chi connectivity index (χ4v) is 3.68. The molecule has 2 unspecified atom stereocenters. The lowest BCUT2D eigenvalue weighted by atomic mass is 9.75. The summed E-state index contributed by atoms with van der Waals surface area (Å²) in [6.45, 7) is 14.5. The molecule has 0 bridgehead atoms. The third-order valence-corrected chi connectivity index (χ3v) is 5.23. The van der Waals surface area contributed by atoms with Crippen LogP contribution >= 0.6 is 0 Å². The quantitative estimate of drug-likeness (QED) is 0.232. The lowest BCUT2D eigenvalue weighted by Crippen LogP contribution is -2.63. The van der Waals surface area contributed by atoms with E-state index in [1.807, 2.05) is 52.5 Å². The van der Waals surface area contributed by atoms with Crippen LogP contribution in [0.3, 0.4) is 0 Å². The predicted molar refractivity (Wildman–Crippen MR) is 126 cm³/mol. The van der Waals surface area contributed by atoms with E-state index >= 15 is 0 Å². The first-order chi connectivity index (χ1) is 15.6. The second-order valence-electron chi connectivity index (χ2n) is 9.74. The summed E-state index contributed by atoms with van der Waals surface area (Å²) >= 11 is 0. The van der Waals surface area contributed by atoms with Gasteiger partial charge in [0.2, 0.25) is 11.1 Å². The van der Waals surface area contributed by atoms with Gasteiger partial charge in [-0.05, 0) is 13.8 Å². The number of nitrogens with zero attached hydrogens (tertiary/aromatic N) is 4. The fraction of sp³-hybridized carbons (Fsp3) is 0.700. The number of carbonyl (C=O) groups excluding carboxylic acids is 2. The van der Waals surface area contributed by atoms with E-state index in [1.54, 1.807) is 13.8 Å². The van der Waals surface area contributed by atoms with Gasteiger partial charge < -0.3 is 20.1 Å². The molecule has 2 atom stereocenters. The van der Waals surface area contributed by atoms with E-state index in [2.05, 4.69) is 41.0 Å². The van der Waals surface area contributed by atoms with E-state index in [-0.39, 0.29) is 11.4 Å². The lowest BCUT2D eigenvalue weighted by molar-refractivity contribution is -0.125. The second-order valence-corrected chi connectivity index (χ2v) is 9.74. The summed E-state index contributed by atoms with van der Waals surface area (Å²) in [6.07, 6.45) is 0. The summed E-state index contributed by atoms with van der Waals surface area (Å²) < 4.78 is 0. The van der Waals surface area contributed by atoms with Gasteiger partial charge in [0.15, 0.2) is 0 Å². The summed E-state index contributed by atoms with van der Waals surface area (Å²) in [5.41, 5.74) is 6.44. The van der Waals surface area contributed by atoms with Crippen molar-refractivity contribution < 1.29 is 29.7 Å².